The molecule has 0 fully saturated rings. The van der Waals surface area contributed by atoms with Crippen LogP contribution in [0.25, 0.3) is 6.08 Å². The van der Waals surface area contributed by atoms with E-state index in [0.717, 1.165) is 5.56 Å². The molecule has 0 saturated heterocycles. The Morgan fingerprint density at radius 3 is 2.45 bits per heavy atom. The van der Waals surface area contributed by atoms with Crippen LogP contribution in [0.5, 0.6) is 0 Å². The third kappa shape index (κ3) is 4.43. The van der Waals surface area contributed by atoms with Gasteiger partial charge in [-0.05, 0) is 34.8 Å². The van der Waals surface area contributed by atoms with Gasteiger partial charge in [0.1, 0.15) is 0 Å². The van der Waals surface area contributed by atoms with E-state index in [4.69, 9.17) is 11.6 Å². The Labute approximate surface area is 136 Å². The molecule has 2 aromatic rings. The van der Waals surface area contributed by atoms with Crippen molar-refractivity contribution in [3.8, 4) is 0 Å². The highest BCUT2D eigenvalue weighted by Gasteiger charge is 2.12. The number of nitrogens with zero attached hydrogens (tertiary/aromatic N) is 1. The lowest BCUT2D eigenvalue weighted by Gasteiger charge is -2.18. The number of halogens is 1. The molecule has 1 amide bonds. The van der Waals surface area contributed by atoms with Gasteiger partial charge in [0, 0.05) is 12.3 Å². The number of benzene rings is 1. The molecule has 0 aliphatic heterocycles. The molecular formula is C18H19ClN2O. The topological polar surface area (TPSA) is 42.0 Å². The number of hydrogen-bond donors (Lipinski definition) is 1. The average molecular weight is 315 g/mol. The zero-order chi connectivity index (χ0) is 16.2. The molecule has 0 aliphatic rings. The van der Waals surface area contributed by atoms with Gasteiger partial charge in [0.2, 0.25) is 5.91 Å². The van der Waals surface area contributed by atoms with Crippen molar-refractivity contribution in [2.45, 2.75) is 26.2 Å². The summed E-state index contributed by atoms with van der Waals surface area (Å²) in [6, 6.07) is 11.6. The molecule has 1 aromatic carbocycles. The molecule has 2 rings (SSSR count). The number of carbonyl (C=O) groups excluding carboxylic acids is 1. The van der Waals surface area contributed by atoms with Crippen molar-refractivity contribution in [1.82, 2.24) is 4.98 Å². The van der Waals surface area contributed by atoms with Gasteiger partial charge in [0.05, 0.1) is 5.69 Å². The normalized spacial score (nSPS) is 11.6. The minimum Gasteiger partial charge on any atom is -0.320 e. The molecule has 0 spiro atoms. The van der Waals surface area contributed by atoms with Gasteiger partial charge in [-0.15, -0.1) is 0 Å². The van der Waals surface area contributed by atoms with Gasteiger partial charge in [-0.1, -0.05) is 56.6 Å². The van der Waals surface area contributed by atoms with Gasteiger partial charge in [0.25, 0.3) is 0 Å². The summed E-state index contributed by atoms with van der Waals surface area (Å²) in [5, 5.41) is 2.97. The van der Waals surface area contributed by atoms with Crippen LogP contribution in [-0.2, 0) is 10.2 Å². The van der Waals surface area contributed by atoms with Gasteiger partial charge < -0.3 is 5.32 Å². The van der Waals surface area contributed by atoms with Crippen molar-refractivity contribution in [3.63, 3.8) is 0 Å². The van der Waals surface area contributed by atoms with Crippen molar-refractivity contribution >= 4 is 29.3 Å². The standard InChI is InChI=1S/C18H19ClN2O/c1-18(2,3)14-9-6-13(7-10-14)8-11-16(22)21-15-5-4-12-20-17(15)19/h4-12H,1-3H3,(H,21,22). The van der Waals surface area contributed by atoms with Gasteiger partial charge in [-0.2, -0.15) is 0 Å². The molecule has 0 saturated carbocycles. The Bertz CT molecular complexity index is 685. The van der Waals surface area contributed by atoms with Crippen molar-refractivity contribution < 1.29 is 4.79 Å². The van der Waals surface area contributed by atoms with E-state index < -0.39 is 0 Å². The fourth-order valence-electron chi connectivity index (χ4n) is 1.92. The maximum Gasteiger partial charge on any atom is 0.248 e. The highest BCUT2D eigenvalue weighted by atomic mass is 35.5. The third-order valence-corrected chi connectivity index (χ3v) is 3.52. The monoisotopic (exact) mass is 314 g/mol. The minimum absolute atomic E-state index is 0.122. The number of carbonyl (C=O) groups is 1. The second-order valence-corrected chi connectivity index (χ2v) is 6.39. The first-order valence-electron chi connectivity index (χ1n) is 7.06. The van der Waals surface area contributed by atoms with Gasteiger partial charge in [0.15, 0.2) is 5.15 Å². The fourth-order valence-corrected chi connectivity index (χ4v) is 2.09. The predicted octanol–water partition coefficient (Wildman–Crippen LogP) is 4.68. The van der Waals surface area contributed by atoms with Crippen LogP contribution in [0.1, 0.15) is 31.9 Å². The summed E-state index contributed by atoms with van der Waals surface area (Å²) in [5.74, 6) is -0.241. The molecule has 1 heterocycles. The second-order valence-electron chi connectivity index (χ2n) is 6.04. The Morgan fingerprint density at radius 1 is 1.18 bits per heavy atom. The molecule has 0 atom stereocenters. The fraction of sp³-hybridized carbons (Fsp3) is 0.222. The molecule has 1 N–H and O–H groups in total. The van der Waals surface area contributed by atoms with Crippen molar-refractivity contribution in [3.05, 3.63) is 65.0 Å². The first-order chi connectivity index (χ1) is 10.4. The smallest absolute Gasteiger partial charge is 0.248 e. The zero-order valence-corrected chi connectivity index (χ0v) is 13.7. The van der Waals surface area contributed by atoms with Crippen LogP contribution < -0.4 is 5.32 Å². The zero-order valence-electron chi connectivity index (χ0n) is 12.9. The van der Waals surface area contributed by atoms with E-state index in [9.17, 15) is 4.79 Å². The SMILES string of the molecule is CC(C)(C)c1ccc(C=CC(=O)Nc2cccnc2Cl)cc1. The molecule has 4 heteroatoms. The molecular weight excluding hydrogens is 296 g/mol. The molecule has 114 valence electrons. The number of amides is 1. The lowest BCUT2D eigenvalue weighted by Crippen LogP contribution is -2.10. The highest BCUT2D eigenvalue weighted by Crippen LogP contribution is 2.22. The molecule has 22 heavy (non-hydrogen) atoms. The van der Waals surface area contributed by atoms with E-state index in [1.165, 1.54) is 11.6 Å². The van der Waals surface area contributed by atoms with Crippen LogP contribution in [0.15, 0.2) is 48.7 Å². The molecule has 0 unspecified atom stereocenters. The number of pyridine rings is 1. The van der Waals surface area contributed by atoms with Crippen molar-refractivity contribution in [2.75, 3.05) is 5.32 Å². The molecule has 0 bridgehead atoms. The summed E-state index contributed by atoms with van der Waals surface area (Å²) in [7, 11) is 0. The number of nitrogens with one attached hydrogen (secondary N) is 1. The summed E-state index contributed by atoms with van der Waals surface area (Å²) in [6.07, 6.45) is 4.83. The molecule has 1 aromatic heterocycles. The van der Waals surface area contributed by atoms with Crippen LogP contribution in [0.4, 0.5) is 5.69 Å². The Morgan fingerprint density at radius 2 is 1.86 bits per heavy atom. The average Bonchev–Trinajstić information content (AvgIpc) is 2.47. The largest absolute Gasteiger partial charge is 0.320 e. The maximum atomic E-state index is 11.9. The van der Waals surface area contributed by atoms with E-state index in [0.29, 0.717) is 5.69 Å². The van der Waals surface area contributed by atoms with E-state index in [2.05, 4.69) is 43.2 Å². The van der Waals surface area contributed by atoms with E-state index in [1.54, 1.807) is 24.4 Å². The summed E-state index contributed by atoms with van der Waals surface area (Å²) >= 11 is 5.90. The molecule has 3 nitrogen and oxygen atoms in total. The number of aromatic nitrogens is 1. The minimum atomic E-state index is -0.241. The first-order valence-corrected chi connectivity index (χ1v) is 7.44. The van der Waals surface area contributed by atoms with Crippen molar-refractivity contribution in [2.24, 2.45) is 0 Å². The first kappa shape index (κ1) is 16.2. The van der Waals surface area contributed by atoms with Crippen LogP contribution in [0.3, 0.4) is 0 Å². The Kier molecular flexibility index (Phi) is 4.99. The number of hydrogen-bond acceptors (Lipinski definition) is 2. The predicted molar refractivity (Wildman–Crippen MR) is 92.1 cm³/mol. The van der Waals surface area contributed by atoms with Crippen LogP contribution in [0, 0.1) is 0 Å². The summed E-state index contributed by atoms with van der Waals surface area (Å²) < 4.78 is 0. The number of rotatable bonds is 3. The lowest BCUT2D eigenvalue weighted by atomic mass is 9.87. The summed E-state index contributed by atoms with van der Waals surface area (Å²) in [5.41, 5.74) is 2.86. The third-order valence-electron chi connectivity index (χ3n) is 3.22. The van der Waals surface area contributed by atoms with Gasteiger partial charge in [-0.3, -0.25) is 4.79 Å². The maximum absolute atomic E-state index is 11.9. The van der Waals surface area contributed by atoms with Gasteiger partial charge in [-0.25, -0.2) is 4.98 Å². The van der Waals surface area contributed by atoms with Crippen LogP contribution in [0.2, 0.25) is 5.15 Å². The Balaban J connectivity index is 2.02. The van der Waals surface area contributed by atoms with E-state index in [1.807, 2.05) is 12.1 Å². The Hall–Kier alpha value is -2.13. The quantitative estimate of drug-likeness (QED) is 0.660. The highest BCUT2D eigenvalue weighted by molar-refractivity contribution is 6.32. The summed E-state index contributed by atoms with van der Waals surface area (Å²) in [6.45, 7) is 6.51. The molecule has 0 radical (unpaired) electrons. The summed E-state index contributed by atoms with van der Waals surface area (Å²) in [4.78, 5) is 15.8. The van der Waals surface area contributed by atoms with Crippen LogP contribution in [-0.4, -0.2) is 10.9 Å². The second kappa shape index (κ2) is 6.75. The number of anilines is 1. The van der Waals surface area contributed by atoms with Crippen molar-refractivity contribution in [1.29, 1.82) is 0 Å². The van der Waals surface area contributed by atoms with E-state index >= 15 is 0 Å². The molecule has 0 aliphatic carbocycles. The van der Waals surface area contributed by atoms with Gasteiger partial charge >= 0.3 is 0 Å². The lowest BCUT2D eigenvalue weighted by molar-refractivity contribution is -0.111. The van der Waals surface area contributed by atoms with E-state index in [-0.39, 0.29) is 16.5 Å². The van der Waals surface area contributed by atoms with Crippen LogP contribution >= 0.6 is 11.6 Å².